The van der Waals surface area contributed by atoms with Crippen molar-refractivity contribution in [3.8, 4) is 0 Å². The zero-order valence-electron chi connectivity index (χ0n) is 23.0. The second-order valence-corrected chi connectivity index (χ2v) is 11.3. The van der Waals surface area contributed by atoms with Gasteiger partial charge in [-0.15, -0.1) is 0 Å². The van der Waals surface area contributed by atoms with Crippen molar-refractivity contribution in [2.75, 3.05) is 5.73 Å². The van der Waals surface area contributed by atoms with Gasteiger partial charge in [-0.1, -0.05) is 27.7 Å². The van der Waals surface area contributed by atoms with Crippen molar-refractivity contribution < 1.29 is 4.39 Å². The van der Waals surface area contributed by atoms with Gasteiger partial charge < -0.3 is 20.7 Å². The molecule has 200 valence electrons. The minimum atomic E-state index is -0.378. The van der Waals surface area contributed by atoms with Crippen LogP contribution in [0.5, 0.6) is 0 Å². The lowest BCUT2D eigenvalue weighted by Crippen LogP contribution is -2.07. The van der Waals surface area contributed by atoms with E-state index in [-0.39, 0.29) is 17.8 Å². The van der Waals surface area contributed by atoms with Crippen LogP contribution in [-0.4, -0.2) is 29.9 Å². The zero-order chi connectivity index (χ0) is 27.4. The molecule has 6 aromatic heterocycles. The minimum Gasteiger partial charge on any atom is -0.385 e. The van der Waals surface area contributed by atoms with E-state index in [2.05, 4.69) is 72.8 Å². The molecule has 0 amide bonds. The summed E-state index contributed by atoms with van der Waals surface area (Å²) in [5.41, 5.74) is 15.2. The smallest absolute Gasteiger partial charge is 0.193 e. The number of fused-ring (bicyclic) bond motifs is 3. The van der Waals surface area contributed by atoms with Gasteiger partial charge in [-0.25, -0.2) is 15.0 Å². The molecule has 0 radical (unpaired) electrons. The highest BCUT2D eigenvalue weighted by molar-refractivity contribution is 5.85. The maximum atomic E-state index is 13.9. The summed E-state index contributed by atoms with van der Waals surface area (Å²) >= 11 is 0. The highest BCUT2D eigenvalue weighted by atomic mass is 19.1. The summed E-state index contributed by atoms with van der Waals surface area (Å²) in [6.07, 6.45) is 3.21. The Kier molecular flexibility index (Phi) is 6.13. The summed E-state index contributed by atoms with van der Waals surface area (Å²) in [6, 6.07) is 12.1. The highest BCUT2D eigenvalue weighted by Crippen LogP contribution is 2.33. The van der Waals surface area contributed by atoms with Crippen LogP contribution in [0.2, 0.25) is 0 Å². The van der Waals surface area contributed by atoms with Crippen LogP contribution in [0.3, 0.4) is 0 Å². The average Bonchev–Trinajstić information content (AvgIpc) is 3.56. The first kappa shape index (κ1) is 25.1. The van der Waals surface area contributed by atoms with Crippen LogP contribution in [0, 0.1) is 12.9 Å². The highest BCUT2D eigenvalue weighted by Gasteiger charge is 2.20. The third-order valence-electron chi connectivity index (χ3n) is 7.77. The molecule has 5 N–H and O–H groups in total. The molecule has 2 unspecified atom stereocenters. The largest absolute Gasteiger partial charge is 0.385 e. The molecule has 6 aromatic rings. The SMILES string of the molecule is Cc1cc2c(C(C)C)cc(CC(C)c3cc(CC(C)c4ccnc5[nH]c(F)cc45)nc4[nH]c(N)cc34)nc2[nH]1. The Hall–Kier alpha value is -4.20. The molecular formula is C31H34FN7. The number of nitrogens with one attached hydrogen (secondary N) is 3. The molecule has 0 aliphatic rings. The molecule has 0 aromatic carbocycles. The maximum absolute atomic E-state index is 13.9. The van der Waals surface area contributed by atoms with Gasteiger partial charge in [0, 0.05) is 45.5 Å². The lowest BCUT2D eigenvalue weighted by atomic mass is 9.90. The van der Waals surface area contributed by atoms with E-state index in [9.17, 15) is 4.39 Å². The van der Waals surface area contributed by atoms with E-state index in [4.69, 9.17) is 15.7 Å². The molecule has 8 heteroatoms. The summed E-state index contributed by atoms with van der Waals surface area (Å²) in [4.78, 5) is 23.5. The molecule has 0 spiro atoms. The quantitative estimate of drug-likeness (QED) is 0.178. The topological polar surface area (TPSA) is 112 Å². The van der Waals surface area contributed by atoms with Crippen LogP contribution in [-0.2, 0) is 12.8 Å². The van der Waals surface area contributed by atoms with Crippen molar-refractivity contribution in [1.29, 1.82) is 0 Å². The first-order chi connectivity index (χ1) is 18.7. The molecule has 0 bridgehead atoms. The van der Waals surface area contributed by atoms with Crippen LogP contribution in [0.25, 0.3) is 33.1 Å². The van der Waals surface area contributed by atoms with Crippen molar-refractivity contribution >= 4 is 38.9 Å². The van der Waals surface area contributed by atoms with Crippen molar-refractivity contribution in [3.05, 3.63) is 82.3 Å². The van der Waals surface area contributed by atoms with E-state index in [0.29, 0.717) is 23.8 Å². The van der Waals surface area contributed by atoms with E-state index < -0.39 is 0 Å². The molecule has 2 atom stereocenters. The molecule has 6 heterocycles. The van der Waals surface area contributed by atoms with E-state index in [1.54, 1.807) is 6.20 Å². The number of pyridine rings is 3. The van der Waals surface area contributed by atoms with Gasteiger partial charge in [-0.05, 0) is 84.5 Å². The second kappa shape index (κ2) is 9.52. The number of hydrogen-bond acceptors (Lipinski definition) is 4. The van der Waals surface area contributed by atoms with Gasteiger partial charge in [-0.2, -0.15) is 4.39 Å². The lowest BCUT2D eigenvalue weighted by molar-refractivity contribution is 0.594. The number of nitrogens with zero attached hydrogens (tertiary/aromatic N) is 3. The summed E-state index contributed by atoms with van der Waals surface area (Å²) in [5, 5.41) is 3.05. The van der Waals surface area contributed by atoms with E-state index in [1.165, 1.54) is 22.6 Å². The van der Waals surface area contributed by atoms with Crippen LogP contribution >= 0.6 is 0 Å². The standard InChI is InChI=1S/C31H34FN7/c1-15(2)22-11-19(36-30-24(22)10-18(5)35-30)9-17(4)23-12-20(37-31-26(23)14-28(33)39-31)8-16(3)21-6-7-34-29-25(21)13-27(32)38-29/h6-7,10-17H,8-9,33H2,1-5H3,(H,34,38)(H,35,36)(H,37,39). The Bertz CT molecular complexity index is 1820. The second-order valence-electron chi connectivity index (χ2n) is 11.3. The Morgan fingerprint density at radius 1 is 0.744 bits per heavy atom. The van der Waals surface area contributed by atoms with E-state index in [1.807, 2.05) is 12.1 Å². The average molecular weight is 524 g/mol. The molecule has 7 nitrogen and oxygen atoms in total. The van der Waals surface area contributed by atoms with Gasteiger partial charge in [0.15, 0.2) is 5.95 Å². The first-order valence-electron chi connectivity index (χ1n) is 13.6. The molecule has 0 fully saturated rings. The van der Waals surface area contributed by atoms with Gasteiger partial charge in [0.2, 0.25) is 0 Å². The fourth-order valence-corrected chi connectivity index (χ4v) is 5.91. The van der Waals surface area contributed by atoms with E-state index >= 15 is 0 Å². The van der Waals surface area contributed by atoms with E-state index in [0.717, 1.165) is 51.1 Å². The summed E-state index contributed by atoms with van der Waals surface area (Å²) in [5.74, 6) is 0.917. The Balaban J connectivity index is 1.35. The number of aryl methyl sites for hydroxylation is 1. The number of anilines is 1. The molecule has 0 saturated heterocycles. The molecule has 6 rings (SSSR count). The number of halogens is 1. The van der Waals surface area contributed by atoms with Gasteiger partial charge in [0.05, 0.1) is 0 Å². The summed E-state index contributed by atoms with van der Waals surface area (Å²) in [7, 11) is 0. The van der Waals surface area contributed by atoms with Gasteiger partial charge in [0.25, 0.3) is 0 Å². The number of aromatic amines is 3. The zero-order valence-corrected chi connectivity index (χ0v) is 23.0. The number of H-pyrrole nitrogens is 3. The predicted molar refractivity (Wildman–Crippen MR) is 156 cm³/mol. The van der Waals surface area contributed by atoms with Gasteiger partial charge in [0.1, 0.15) is 22.8 Å². The molecule has 39 heavy (non-hydrogen) atoms. The maximum Gasteiger partial charge on any atom is 0.193 e. The lowest BCUT2D eigenvalue weighted by Gasteiger charge is -2.18. The van der Waals surface area contributed by atoms with Crippen LogP contribution in [0.4, 0.5) is 10.2 Å². The molecule has 0 saturated carbocycles. The number of aromatic nitrogens is 6. The van der Waals surface area contributed by atoms with Crippen molar-refractivity contribution in [2.45, 2.75) is 65.2 Å². The minimum absolute atomic E-state index is 0.111. The van der Waals surface area contributed by atoms with Gasteiger partial charge in [-0.3, -0.25) is 0 Å². The molecule has 0 aliphatic heterocycles. The fourth-order valence-electron chi connectivity index (χ4n) is 5.91. The summed E-state index contributed by atoms with van der Waals surface area (Å²) < 4.78 is 13.9. The Morgan fingerprint density at radius 3 is 2.08 bits per heavy atom. The van der Waals surface area contributed by atoms with Crippen LogP contribution in [0.1, 0.15) is 79.2 Å². The third kappa shape index (κ3) is 4.64. The third-order valence-corrected chi connectivity index (χ3v) is 7.77. The summed E-state index contributed by atoms with van der Waals surface area (Å²) in [6.45, 7) is 10.9. The number of rotatable bonds is 7. The normalized spacial score (nSPS) is 13.7. The van der Waals surface area contributed by atoms with Crippen LogP contribution in [0.15, 0.2) is 42.6 Å². The number of nitrogens with two attached hydrogens (primary N) is 1. The Morgan fingerprint density at radius 2 is 1.36 bits per heavy atom. The van der Waals surface area contributed by atoms with Crippen molar-refractivity contribution in [1.82, 2.24) is 29.9 Å². The van der Waals surface area contributed by atoms with Gasteiger partial charge >= 0.3 is 0 Å². The Labute approximate surface area is 226 Å². The number of nitrogen functional groups attached to an aromatic ring is 1. The van der Waals surface area contributed by atoms with Crippen molar-refractivity contribution in [2.24, 2.45) is 0 Å². The molecular weight excluding hydrogens is 489 g/mol. The molecule has 0 aliphatic carbocycles. The van der Waals surface area contributed by atoms with Crippen LogP contribution < -0.4 is 5.73 Å². The van der Waals surface area contributed by atoms with Crippen molar-refractivity contribution in [3.63, 3.8) is 0 Å². The predicted octanol–water partition coefficient (Wildman–Crippen LogP) is 7.16. The number of hydrogen-bond donors (Lipinski definition) is 4. The fraction of sp³-hybridized carbons (Fsp3) is 0.323. The monoisotopic (exact) mass is 523 g/mol. The first-order valence-corrected chi connectivity index (χ1v) is 13.6.